The Morgan fingerprint density at radius 3 is 1.70 bits per heavy atom. The Labute approximate surface area is 259 Å². The molecule has 0 aliphatic carbocycles. The normalized spacial score (nSPS) is 11.6. The second kappa shape index (κ2) is 11.5. The topological polar surface area (TPSA) is 38.7 Å². The molecule has 0 radical (unpaired) electrons. The number of fused-ring (bicyclic) bond motifs is 3. The van der Waals surface area contributed by atoms with E-state index < -0.39 is 0 Å². The van der Waals surface area contributed by atoms with Gasteiger partial charge in [-0.15, -0.1) is 0 Å². The Morgan fingerprint density at radius 1 is 0.409 bits per heavy atom. The molecular formula is C41H35N3. The summed E-state index contributed by atoms with van der Waals surface area (Å²) in [6.45, 7) is 8.79. The van der Waals surface area contributed by atoms with E-state index in [4.69, 9.17) is 15.0 Å². The van der Waals surface area contributed by atoms with E-state index in [1.165, 1.54) is 11.1 Å². The van der Waals surface area contributed by atoms with Gasteiger partial charge in [-0.2, -0.15) is 0 Å². The summed E-state index contributed by atoms with van der Waals surface area (Å²) in [6, 6.07) is 45.1. The molecule has 0 bridgehead atoms. The number of aromatic nitrogens is 3. The lowest BCUT2D eigenvalue weighted by Crippen LogP contribution is -1.99. The molecular weight excluding hydrogens is 534 g/mol. The molecule has 0 unspecified atom stereocenters. The summed E-state index contributed by atoms with van der Waals surface area (Å²) in [5.41, 5.74) is 12.8. The average Bonchev–Trinajstić information content (AvgIpc) is 3.08. The van der Waals surface area contributed by atoms with E-state index in [1.54, 1.807) is 0 Å². The van der Waals surface area contributed by atoms with Crippen molar-refractivity contribution >= 4 is 21.8 Å². The minimum Gasteiger partial charge on any atom is -0.250 e. The molecule has 3 aromatic heterocycles. The van der Waals surface area contributed by atoms with Crippen LogP contribution in [0, 0.1) is 0 Å². The average molecular weight is 570 g/mol. The fraction of sp³-hybridized carbons (Fsp3) is 0.146. The zero-order chi connectivity index (χ0) is 30.2. The highest BCUT2D eigenvalue weighted by Crippen LogP contribution is 2.37. The van der Waals surface area contributed by atoms with Crippen molar-refractivity contribution in [2.75, 3.05) is 0 Å². The monoisotopic (exact) mass is 569 g/mol. The number of pyridine rings is 3. The van der Waals surface area contributed by atoms with Crippen molar-refractivity contribution in [1.29, 1.82) is 0 Å². The van der Waals surface area contributed by atoms with Crippen molar-refractivity contribution in [3.8, 4) is 44.8 Å². The second-order valence-electron chi connectivity index (χ2n) is 12.1. The molecule has 4 aromatic carbocycles. The molecule has 0 saturated carbocycles. The summed E-state index contributed by atoms with van der Waals surface area (Å²) in [7, 11) is 0. The molecule has 0 saturated heterocycles. The number of hydrogen-bond donors (Lipinski definition) is 0. The van der Waals surface area contributed by atoms with Gasteiger partial charge in [0.2, 0.25) is 0 Å². The van der Waals surface area contributed by atoms with Gasteiger partial charge in [-0.1, -0.05) is 125 Å². The maximum absolute atomic E-state index is 5.19. The van der Waals surface area contributed by atoms with E-state index >= 15 is 0 Å². The van der Waals surface area contributed by atoms with Gasteiger partial charge in [0, 0.05) is 33.3 Å². The molecule has 0 spiro atoms. The predicted molar refractivity (Wildman–Crippen MR) is 185 cm³/mol. The predicted octanol–water partition coefficient (Wildman–Crippen LogP) is 11.1. The van der Waals surface area contributed by atoms with Crippen LogP contribution in [-0.2, 0) is 0 Å². The van der Waals surface area contributed by atoms with Crippen LogP contribution in [0.2, 0.25) is 0 Å². The van der Waals surface area contributed by atoms with Crippen molar-refractivity contribution in [2.24, 2.45) is 0 Å². The first-order valence-electron chi connectivity index (χ1n) is 15.4. The van der Waals surface area contributed by atoms with E-state index in [0.29, 0.717) is 5.92 Å². The van der Waals surface area contributed by atoms with Gasteiger partial charge in [0.05, 0.1) is 22.4 Å². The Balaban J connectivity index is 1.43. The molecule has 3 nitrogen and oxygen atoms in total. The standard InChI is InChI=1S/C41H35N3/c1-26(2)36-21-19-30-18-20-34-35(25-37(27(3)4)44-41(34)40(30)43-36)31-16-11-17-32(22-31)39-24-33(28-12-7-5-8-13-28)23-38(42-39)29-14-9-6-10-15-29/h5-27H,1-4H3. The molecule has 7 aromatic rings. The summed E-state index contributed by atoms with van der Waals surface area (Å²) >= 11 is 0. The summed E-state index contributed by atoms with van der Waals surface area (Å²) in [6.07, 6.45) is 0. The first-order valence-corrected chi connectivity index (χ1v) is 15.4. The molecule has 3 heteroatoms. The third-order valence-corrected chi connectivity index (χ3v) is 8.33. The van der Waals surface area contributed by atoms with E-state index in [0.717, 1.165) is 66.8 Å². The summed E-state index contributed by atoms with van der Waals surface area (Å²) in [5.74, 6) is 0.626. The van der Waals surface area contributed by atoms with Crippen LogP contribution < -0.4 is 0 Å². The molecule has 0 aliphatic rings. The Bertz CT molecular complexity index is 2060. The number of nitrogens with zero attached hydrogens (tertiary/aromatic N) is 3. The third-order valence-electron chi connectivity index (χ3n) is 8.33. The zero-order valence-electron chi connectivity index (χ0n) is 25.6. The van der Waals surface area contributed by atoms with Crippen molar-refractivity contribution in [3.63, 3.8) is 0 Å². The van der Waals surface area contributed by atoms with Crippen LogP contribution >= 0.6 is 0 Å². The van der Waals surface area contributed by atoms with E-state index in [1.807, 2.05) is 6.07 Å². The fourth-order valence-electron chi connectivity index (χ4n) is 5.84. The van der Waals surface area contributed by atoms with Crippen LogP contribution in [0.25, 0.3) is 66.6 Å². The van der Waals surface area contributed by atoms with Crippen LogP contribution in [0.5, 0.6) is 0 Å². The third kappa shape index (κ3) is 5.26. The Morgan fingerprint density at radius 2 is 1.00 bits per heavy atom. The minimum absolute atomic E-state index is 0.280. The van der Waals surface area contributed by atoms with Gasteiger partial charge in [-0.25, -0.2) is 4.98 Å². The summed E-state index contributed by atoms with van der Waals surface area (Å²) in [5, 5.41) is 2.23. The quantitative estimate of drug-likeness (QED) is 0.187. The minimum atomic E-state index is 0.280. The van der Waals surface area contributed by atoms with Crippen molar-refractivity contribution in [1.82, 2.24) is 15.0 Å². The van der Waals surface area contributed by atoms with Gasteiger partial charge in [0.15, 0.2) is 0 Å². The number of rotatable bonds is 6. The van der Waals surface area contributed by atoms with Gasteiger partial charge in [0.25, 0.3) is 0 Å². The first-order chi connectivity index (χ1) is 21.4. The molecule has 214 valence electrons. The second-order valence-corrected chi connectivity index (χ2v) is 12.1. The number of benzene rings is 4. The fourth-order valence-corrected chi connectivity index (χ4v) is 5.84. The first kappa shape index (κ1) is 27.7. The number of hydrogen-bond acceptors (Lipinski definition) is 3. The highest BCUT2D eigenvalue weighted by Gasteiger charge is 2.16. The van der Waals surface area contributed by atoms with Gasteiger partial charge < -0.3 is 0 Å². The molecule has 0 N–H and O–H groups in total. The summed E-state index contributed by atoms with van der Waals surface area (Å²) < 4.78 is 0. The van der Waals surface area contributed by atoms with Crippen molar-refractivity contribution in [2.45, 2.75) is 39.5 Å². The molecule has 0 amide bonds. The van der Waals surface area contributed by atoms with Gasteiger partial charge in [-0.3, -0.25) is 9.97 Å². The SMILES string of the molecule is CC(C)c1ccc2ccc3c(-c4cccc(-c5cc(-c6ccccc6)cc(-c6ccccc6)n5)c4)cc(C(C)C)nc3c2n1. The highest BCUT2D eigenvalue weighted by molar-refractivity contribution is 6.08. The Kier molecular flexibility index (Phi) is 7.23. The molecule has 44 heavy (non-hydrogen) atoms. The lowest BCUT2D eigenvalue weighted by atomic mass is 9.94. The van der Waals surface area contributed by atoms with Crippen LogP contribution in [0.1, 0.15) is 50.9 Å². The zero-order valence-corrected chi connectivity index (χ0v) is 25.6. The highest BCUT2D eigenvalue weighted by atomic mass is 14.8. The molecule has 0 aliphatic heterocycles. The largest absolute Gasteiger partial charge is 0.250 e. The van der Waals surface area contributed by atoms with Crippen molar-refractivity contribution < 1.29 is 0 Å². The smallest absolute Gasteiger partial charge is 0.0974 e. The van der Waals surface area contributed by atoms with Gasteiger partial charge in [0.1, 0.15) is 0 Å². The van der Waals surface area contributed by atoms with Gasteiger partial charge in [-0.05, 0) is 64.4 Å². The molecule has 0 atom stereocenters. The van der Waals surface area contributed by atoms with Crippen molar-refractivity contribution in [3.05, 3.63) is 139 Å². The Hall–Kier alpha value is -5.15. The van der Waals surface area contributed by atoms with Crippen LogP contribution in [0.15, 0.2) is 127 Å². The van der Waals surface area contributed by atoms with Gasteiger partial charge >= 0.3 is 0 Å². The lowest BCUT2D eigenvalue weighted by Gasteiger charge is -2.15. The lowest BCUT2D eigenvalue weighted by molar-refractivity contribution is 0.826. The summed E-state index contributed by atoms with van der Waals surface area (Å²) in [4.78, 5) is 15.5. The van der Waals surface area contributed by atoms with Crippen LogP contribution in [0.3, 0.4) is 0 Å². The van der Waals surface area contributed by atoms with E-state index in [-0.39, 0.29) is 5.92 Å². The van der Waals surface area contributed by atoms with Crippen LogP contribution in [-0.4, -0.2) is 15.0 Å². The van der Waals surface area contributed by atoms with E-state index in [2.05, 4.69) is 149 Å². The maximum Gasteiger partial charge on any atom is 0.0974 e. The van der Waals surface area contributed by atoms with E-state index in [9.17, 15) is 0 Å². The van der Waals surface area contributed by atoms with Crippen LogP contribution in [0.4, 0.5) is 0 Å². The maximum atomic E-state index is 5.19. The molecule has 7 rings (SSSR count). The molecule has 0 fully saturated rings. The molecule has 3 heterocycles.